The number of nitrogen functional groups attached to an aromatic ring is 1. The molecule has 6 heteroatoms. The third kappa shape index (κ3) is 8.25. The second-order valence-electron chi connectivity index (χ2n) is 7.78. The Balaban J connectivity index is 1.82. The van der Waals surface area contributed by atoms with E-state index in [1.165, 1.54) is 5.56 Å². The maximum absolute atomic E-state index is 12.6. The zero-order chi connectivity index (χ0) is 21.2. The third-order valence-electron chi connectivity index (χ3n) is 4.60. The van der Waals surface area contributed by atoms with Crippen molar-refractivity contribution in [2.24, 2.45) is 5.92 Å². The number of carbonyl (C=O) groups excluding carboxylic acids is 2. The highest BCUT2D eigenvalue weighted by Gasteiger charge is 2.21. The zero-order valence-corrected chi connectivity index (χ0v) is 17.5. The van der Waals surface area contributed by atoms with Crippen molar-refractivity contribution in [1.82, 2.24) is 16.0 Å². The average Bonchev–Trinajstić information content (AvgIpc) is 2.68. The van der Waals surface area contributed by atoms with Crippen molar-refractivity contribution in [3.8, 4) is 0 Å². The van der Waals surface area contributed by atoms with Gasteiger partial charge < -0.3 is 21.7 Å². The highest BCUT2D eigenvalue weighted by Crippen LogP contribution is 2.07. The minimum atomic E-state index is -0.570. The molecular formula is C23H32N4O2. The first-order valence-electron chi connectivity index (χ1n) is 10.1. The zero-order valence-electron chi connectivity index (χ0n) is 17.5. The van der Waals surface area contributed by atoms with Crippen molar-refractivity contribution < 1.29 is 9.59 Å². The number of aryl methyl sites for hydroxylation is 1. The molecule has 29 heavy (non-hydrogen) atoms. The number of hydrogen-bond acceptors (Lipinski definition) is 3. The number of hydrogen-bond donors (Lipinski definition) is 4. The van der Waals surface area contributed by atoms with Gasteiger partial charge in [-0.1, -0.05) is 55.8 Å². The van der Waals surface area contributed by atoms with Crippen LogP contribution in [0.2, 0.25) is 0 Å². The first-order valence-corrected chi connectivity index (χ1v) is 10.1. The molecule has 1 atom stereocenters. The lowest BCUT2D eigenvalue weighted by Gasteiger charge is -2.20. The molecule has 0 saturated heterocycles. The van der Waals surface area contributed by atoms with E-state index in [2.05, 4.69) is 16.0 Å². The second-order valence-corrected chi connectivity index (χ2v) is 7.78. The monoisotopic (exact) mass is 396 g/mol. The number of nitrogens with two attached hydrogens (primary N) is 1. The lowest BCUT2D eigenvalue weighted by atomic mass is 10.0. The summed E-state index contributed by atoms with van der Waals surface area (Å²) in [5, 5.41) is 8.55. The normalized spacial score (nSPS) is 11.7. The van der Waals surface area contributed by atoms with Crippen LogP contribution in [0.1, 0.15) is 37.0 Å². The van der Waals surface area contributed by atoms with Crippen molar-refractivity contribution in [1.29, 1.82) is 0 Å². The Bertz CT molecular complexity index is 786. The van der Waals surface area contributed by atoms with Crippen LogP contribution in [0.4, 0.5) is 10.5 Å². The Morgan fingerprint density at radius 1 is 0.931 bits per heavy atom. The van der Waals surface area contributed by atoms with Gasteiger partial charge in [0.25, 0.3) is 0 Å². The van der Waals surface area contributed by atoms with E-state index in [4.69, 9.17) is 5.73 Å². The minimum Gasteiger partial charge on any atom is -0.399 e. The number of nitrogens with one attached hydrogen (secondary N) is 3. The van der Waals surface area contributed by atoms with Gasteiger partial charge in [-0.25, -0.2) is 4.79 Å². The molecule has 0 aromatic heterocycles. The number of amides is 3. The van der Waals surface area contributed by atoms with Gasteiger partial charge in [0.05, 0.1) is 0 Å². The molecule has 2 aromatic rings. The van der Waals surface area contributed by atoms with Crippen LogP contribution in [0.3, 0.4) is 0 Å². The van der Waals surface area contributed by atoms with E-state index in [9.17, 15) is 9.59 Å². The molecule has 0 aliphatic rings. The van der Waals surface area contributed by atoms with Gasteiger partial charge >= 0.3 is 6.03 Å². The van der Waals surface area contributed by atoms with Crippen LogP contribution in [0, 0.1) is 12.8 Å². The van der Waals surface area contributed by atoms with Crippen LogP contribution in [0.25, 0.3) is 0 Å². The molecule has 6 nitrogen and oxygen atoms in total. The van der Waals surface area contributed by atoms with Crippen LogP contribution in [0.15, 0.2) is 48.5 Å². The van der Waals surface area contributed by atoms with Crippen molar-refractivity contribution >= 4 is 17.6 Å². The Kier molecular flexibility index (Phi) is 8.52. The molecule has 0 radical (unpaired) electrons. The van der Waals surface area contributed by atoms with Gasteiger partial charge in [-0.05, 0) is 48.9 Å². The summed E-state index contributed by atoms with van der Waals surface area (Å²) < 4.78 is 0. The predicted molar refractivity (Wildman–Crippen MR) is 117 cm³/mol. The Labute approximate surface area is 173 Å². The van der Waals surface area contributed by atoms with Crippen molar-refractivity contribution in [2.75, 3.05) is 12.3 Å². The highest BCUT2D eigenvalue weighted by atomic mass is 16.2. The fourth-order valence-electron chi connectivity index (χ4n) is 2.94. The molecule has 0 bridgehead atoms. The maximum atomic E-state index is 12.6. The Morgan fingerprint density at radius 2 is 1.55 bits per heavy atom. The van der Waals surface area contributed by atoms with Crippen molar-refractivity contribution in [3.63, 3.8) is 0 Å². The molecule has 3 amide bonds. The number of urea groups is 1. The van der Waals surface area contributed by atoms with Crippen LogP contribution >= 0.6 is 0 Å². The fraction of sp³-hybridized carbons (Fsp3) is 0.391. The number of anilines is 1. The summed E-state index contributed by atoms with van der Waals surface area (Å²) in [6, 6.07) is 14.6. The van der Waals surface area contributed by atoms with E-state index < -0.39 is 6.04 Å². The highest BCUT2D eigenvalue weighted by molar-refractivity contribution is 5.87. The molecule has 2 aromatic carbocycles. The standard InChI is InChI=1S/C23H32N4O2/c1-16(2)14-21(22(28)25-13-12-18-8-10-20(24)11-9-18)27-23(29)26-15-19-6-4-17(3)5-7-19/h4-11,16,21H,12-15,24H2,1-3H3,(H,25,28)(H2,26,27,29). The smallest absolute Gasteiger partial charge is 0.315 e. The van der Waals surface area contributed by atoms with Gasteiger partial charge in [0.15, 0.2) is 0 Å². The molecule has 0 fully saturated rings. The van der Waals surface area contributed by atoms with Crippen LogP contribution in [-0.2, 0) is 17.8 Å². The van der Waals surface area contributed by atoms with E-state index in [-0.39, 0.29) is 17.9 Å². The topological polar surface area (TPSA) is 96.2 Å². The summed E-state index contributed by atoms with van der Waals surface area (Å²) in [6.07, 6.45) is 1.28. The molecular weight excluding hydrogens is 364 g/mol. The number of carbonyl (C=O) groups is 2. The summed E-state index contributed by atoms with van der Waals surface area (Å²) in [6.45, 7) is 7.00. The largest absolute Gasteiger partial charge is 0.399 e. The quantitative estimate of drug-likeness (QED) is 0.490. The van der Waals surface area contributed by atoms with E-state index in [0.717, 1.165) is 16.8 Å². The molecule has 156 valence electrons. The summed E-state index contributed by atoms with van der Waals surface area (Å²) in [5.41, 5.74) is 9.69. The van der Waals surface area contributed by atoms with E-state index in [1.54, 1.807) is 0 Å². The summed E-state index contributed by atoms with van der Waals surface area (Å²) >= 11 is 0. The fourth-order valence-corrected chi connectivity index (χ4v) is 2.94. The first kappa shape index (κ1) is 22.3. The van der Waals surface area contributed by atoms with Crippen molar-refractivity contribution in [3.05, 3.63) is 65.2 Å². The maximum Gasteiger partial charge on any atom is 0.315 e. The summed E-state index contributed by atoms with van der Waals surface area (Å²) in [5.74, 6) is 0.111. The molecule has 1 unspecified atom stereocenters. The first-order chi connectivity index (χ1) is 13.8. The molecule has 0 saturated carbocycles. The Morgan fingerprint density at radius 3 is 2.17 bits per heavy atom. The number of rotatable bonds is 9. The van der Waals surface area contributed by atoms with Crippen LogP contribution in [-0.4, -0.2) is 24.5 Å². The van der Waals surface area contributed by atoms with E-state index in [0.29, 0.717) is 25.9 Å². The predicted octanol–water partition coefficient (Wildman–Crippen LogP) is 3.15. The van der Waals surface area contributed by atoms with Gasteiger partial charge in [-0.15, -0.1) is 0 Å². The molecule has 5 N–H and O–H groups in total. The van der Waals surface area contributed by atoms with Crippen LogP contribution in [0.5, 0.6) is 0 Å². The molecule has 0 aliphatic heterocycles. The van der Waals surface area contributed by atoms with Crippen molar-refractivity contribution in [2.45, 2.75) is 46.2 Å². The minimum absolute atomic E-state index is 0.167. The summed E-state index contributed by atoms with van der Waals surface area (Å²) in [7, 11) is 0. The van der Waals surface area contributed by atoms with E-state index in [1.807, 2.05) is 69.3 Å². The van der Waals surface area contributed by atoms with Crippen LogP contribution < -0.4 is 21.7 Å². The van der Waals surface area contributed by atoms with E-state index >= 15 is 0 Å². The molecule has 2 rings (SSSR count). The molecule has 0 heterocycles. The average molecular weight is 397 g/mol. The molecule has 0 aliphatic carbocycles. The molecule has 0 spiro atoms. The lowest BCUT2D eigenvalue weighted by Crippen LogP contribution is -2.50. The van der Waals surface area contributed by atoms with Gasteiger partial charge in [-0.2, -0.15) is 0 Å². The second kappa shape index (κ2) is 11.1. The van der Waals surface area contributed by atoms with Gasteiger partial charge in [0.1, 0.15) is 6.04 Å². The van der Waals surface area contributed by atoms with Gasteiger partial charge in [0.2, 0.25) is 5.91 Å². The summed E-state index contributed by atoms with van der Waals surface area (Å²) in [4.78, 5) is 24.9. The van der Waals surface area contributed by atoms with Gasteiger partial charge in [0, 0.05) is 18.8 Å². The number of benzene rings is 2. The Hall–Kier alpha value is -3.02. The lowest BCUT2D eigenvalue weighted by molar-refractivity contribution is -0.123. The SMILES string of the molecule is Cc1ccc(CNC(=O)NC(CC(C)C)C(=O)NCCc2ccc(N)cc2)cc1. The third-order valence-corrected chi connectivity index (χ3v) is 4.60. The van der Waals surface area contributed by atoms with Gasteiger partial charge in [-0.3, -0.25) is 4.79 Å².